The van der Waals surface area contributed by atoms with E-state index < -0.39 is 9.84 Å². The third kappa shape index (κ3) is 3.27. The SMILES string of the molecule is CS(=O)(=O)CC1CCCN(C(=O)N2CCc3ccccc32)C1. The van der Waals surface area contributed by atoms with Crippen LogP contribution >= 0.6 is 0 Å². The van der Waals surface area contributed by atoms with E-state index in [4.69, 9.17) is 0 Å². The molecule has 0 radical (unpaired) electrons. The number of carbonyl (C=O) groups excluding carboxylic acids is 1. The second kappa shape index (κ2) is 5.91. The second-order valence-electron chi connectivity index (χ2n) is 6.36. The number of fused-ring (bicyclic) bond motifs is 1. The lowest BCUT2D eigenvalue weighted by molar-refractivity contribution is 0.177. The fourth-order valence-corrected chi connectivity index (χ4v) is 4.64. The van der Waals surface area contributed by atoms with E-state index in [2.05, 4.69) is 6.07 Å². The van der Waals surface area contributed by atoms with Gasteiger partial charge in [-0.3, -0.25) is 4.90 Å². The molecule has 2 aliphatic heterocycles. The van der Waals surface area contributed by atoms with Crippen LogP contribution in [-0.2, 0) is 16.3 Å². The average molecular weight is 322 g/mol. The van der Waals surface area contributed by atoms with Gasteiger partial charge in [-0.05, 0) is 36.8 Å². The van der Waals surface area contributed by atoms with E-state index in [-0.39, 0.29) is 17.7 Å². The molecule has 2 aliphatic rings. The molecule has 6 heteroatoms. The number of likely N-dealkylation sites (tertiary alicyclic amines) is 1. The van der Waals surface area contributed by atoms with Crippen LogP contribution in [0.25, 0.3) is 0 Å². The highest BCUT2D eigenvalue weighted by molar-refractivity contribution is 7.90. The minimum absolute atomic E-state index is 0.0168. The summed E-state index contributed by atoms with van der Waals surface area (Å²) in [7, 11) is -2.99. The summed E-state index contributed by atoms with van der Waals surface area (Å²) in [6.07, 6.45) is 3.92. The highest BCUT2D eigenvalue weighted by Gasteiger charge is 2.32. The standard InChI is InChI=1S/C16H22N2O3S/c1-22(20,21)12-13-5-4-9-17(11-13)16(19)18-10-8-14-6-2-3-7-15(14)18/h2-3,6-7,13H,4-5,8-12H2,1H3. The summed E-state index contributed by atoms with van der Waals surface area (Å²) in [5.74, 6) is 0.235. The number of hydrogen-bond donors (Lipinski definition) is 0. The first-order valence-corrected chi connectivity index (χ1v) is 9.82. The van der Waals surface area contributed by atoms with Crippen LogP contribution in [0.2, 0.25) is 0 Å². The second-order valence-corrected chi connectivity index (χ2v) is 8.54. The Balaban J connectivity index is 1.70. The maximum absolute atomic E-state index is 12.8. The molecular formula is C16H22N2O3S. The molecule has 0 aliphatic carbocycles. The molecule has 1 aromatic carbocycles. The van der Waals surface area contributed by atoms with Crippen molar-refractivity contribution in [1.29, 1.82) is 0 Å². The van der Waals surface area contributed by atoms with E-state index in [1.54, 1.807) is 0 Å². The summed E-state index contributed by atoms with van der Waals surface area (Å²) in [5, 5.41) is 0. The molecule has 0 bridgehead atoms. The van der Waals surface area contributed by atoms with Crippen molar-refractivity contribution in [2.45, 2.75) is 19.3 Å². The van der Waals surface area contributed by atoms with Crippen molar-refractivity contribution >= 4 is 21.6 Å². The molecule has 1 fully saturated rings. The third-order valence-electron chi connectivity index (χ3n) is 4.45. The fourth-order valence-electron chi connectivity index (χ4n) is 3.51. The van der Waals surface area contributed by atoms with Gasteiger partial charge >= 0.3 is 6.03 Å². The third-order valence-corrected chi connectivity index (χ3v) is 5.52. The van der Waals surface area contributed by atoms with Gasteiger partial charge in [-0.25, -0.2) is 13.2 Å². The number of hydrogen-bond acceptors (Lipinski definition) is 3. The molecule has 2 heterocycles. The Morgan fingerprint density at radius 2 is 2.05 bits per heavy atom. The van der Waals surface area contributed by atoms with Crippen LogP contribution in [-0.4, -0.2) is 51.0 Å². The lowest BCUT2D eigenvalue weighted by Crippen LogP contribution is -2.48. The number of rotatable bonds is 2. The zero-order valence-electron chi connectivity index (χ0n) is 12.9. The summed E-state index contributed by atoms with van der Waals surface area (Å²) < 4.78 is 23.0. The molecule has 1 aromatic rings. The first kappa shape index (κ1) is 15.3. The van der Waals surface area contributed by atoms with Crippen LogP contribution in [0, 0.1) is 5.92 Å². The van der Waals surface area contributed by atoms with Gasteiger partial charge in [0.2, 0.25) is 0 Å². The summed E-state index contributed by atoms with van der Waals surface area (Å²) in [5.41, 5.74) is 2.21. The highest BCUT2D eigenvalue weighted by atomic mass is 32.2. The monoisotopic (exact) mass is 322 g/mol. The van der Waals surface area contributed by atoms with Gasteiger partial charge < -0.3 is 4.90 Å². The van der Waals surface area contributed by atoms with E-state index in [0.29, 0.717) is 13.1 Å². The van der Waals surface area contributed by atoms with E-state index >= 15 is 0 Å². The lowest BCUT2D eigenvalue weighted by Gasteiger charge is -2.35. The molecule has 0 N–H and O–H groups in total. The maximum Gasteiger partial charge on any atom is 0.324 e. The van der Waals surface area contributed by atoms with Gasteiger partial charge in [-0.15, -0.1) is 0 Å². The van der Waals surface area contributed by atoms with Gasteiger partial charge in [-0.1, -0.05) is 18.2 Å². The quantitative estimate of drug-likeness (QED) is 0.836. The molecule has 0 saturated carbocycles. The molecule has 3 rings (SSSR count). The zero-order valence-corrected chi connectivity index (χ0v) is 13.7. The summed E-state index contributed by atoms with van der Waals surface area (Å²) in [6, 6.07) is 8.01. The molecule has 2 amide bonds. The van der Waals surface area contributed by atoms with Crippen LogP contribution in [0.4, 0.5) is 10.5 Å². The van der Waals surface area contributed by atoms with Gasteiger partial charge in [0, 0.05) is 31.6 Å². The minimum atomic E-state index is -2.99. The van der Waals surface area contributed by atoms with Gasteiger partial charge in [-0.2, -0.15) is 0 Å². The zero-order chi connectivity index (χ0) is 15.7. The number of piperidine rings is 1. The van der Waals surface area contributed by atoms with E-state index in [1.165, 1.54) is 11.8 Å². The normalized spacial score (nSPS) is 21.8. The number of amides is 2. The average Bonchev–Trinajstić information content (AvgIpc) is 2.89. The van der Waals surface area contributed by atoms with Crippen LogP contribution in [0.5, 0.6) is 0 Å². The lowest BCUT2D eigenvalue weighted by atomic mass is 10.0. The van der Waals surface area contributed by atoms with Crippen LogP contribution in [0.1, 0.15) is 18.4 Å². The summed E-state index contributed by atoms with van der Waals surface area (Å²) in [6.45, 7) is 1.98. The van der Waals surface area contributed by atoms with Gasteiger partial charge in [0.1, 0.15) is 9.84 Å². The predicted molar refractivity (Wildman–Crippen MR) is 86.9 cm³/mol. The maximum atomic E-state index is 12.8. The van der Waals surface area contributed by atoms with E-state index in [9.17, 15) is 13.2 Å². The molecule has 1 atom stereocenters. The molecule has 120 valence electrons. The predicted octanol–water partition coefficient (Wildman–Crippen LogP) is 1.93. The topological polar surface area (TPSA) is 57.7 Å². The smallest absolute Gasteiger partial charge is 0.324 e. The Morgan fingerprint density at radius 1 is 1.27 bits per heavy atom. The van der Waals surface area contributed by atoms with Crippen molar-refractivity contribution in [1.82, 2.24) is 4.90 Å². The van der Waals surface area contributed by atoms with Gasteiger partial charge in [0.15, 0.2) is 0 Å². The number of benzene rings is 1. The molecule has 0 spiro atoms. The molecular weight excluding hydrogens is 300 g/mol. The Bertz CT molecular complexity index is 672. The largest absolute Gasteiger partial charge is 0.324 e. The first-order valence-electron chi connectivity index (χ1n) is 7.76. The van der Waals surface area contributed by atoms with E-state index in [1.807, 2.05) is 28.0 Å². The summed E-state index contributed by atoms with van der Waals surface area (Å²) >= 11 is 0. The molecule has 1 unspecified atom stereocenters. The van der Waals surface area contributed by atoms with Crippen LogP contribution in [0.3, 0.4) is 0 Å². The Labute approximate surface area is 131 Å². The Morgan fingerprint density at radius 3 is 2.82 bits per heavy atom. The Hall–Kier alpha value is -1.56. The van der Waals surface area contributed by atoms with Crippen LogP contribution < -0.4 is 4.90 Å². The highest BCUT2D eigenvalue weighted by Crippen LogP contribution is 2.29. The number of anilines is 1. The molecule has 22 heavy (non-hydrogen) atoms. The van der Waals surface area contributed by atoms with E-state index in [0.717, 1.165) is 31.5 Å². The van der Waals surface area contributed by atoms with Crippen LogP contribution in [0.15, 0.2) is 24.3 Å². The Kier molecular flexibility index (Phi) is 4.12. The number of carbonyl (C=O) groups is 1. The van der Waals surface area contributed by atoms with Crippen molar-refractivity contribution in [3.05, 3.63) is 29.8 Å². The van der Waals surface area contributed by atoms with Crippen molar-refractivity contribution in [3.8, 4) is 0 Å². The number of nitrogens with zero attached hydrogens (tertiary/aromatic N) is 2. The number of sulfone groups is 1. The van der Waals surface area contributed by atoms with Crippen molar-refractivity contribution in [2.24, 2.45) is 5.92 Å². The summed E-state index contributed by atoms with van der Waals surface area (Å²) in [4.78, 5) is 16.4. The first-order chi connectivity index (χ1) is 10.4. The number of urea groups is 1. The molecule has 1 saturated heterocycles. The number of para-hydroxylation sites is 1. The van der Waals surface area contributed by atoms with Gasteiger partial charge in [0.05, 0.1) is 5.75 Å². The van der Waals surface area contributed by atoms with Gasteiger partial charge in [0.25, 0.3) is 0 Å². The molecule has 5 nitrogen and oxygen atoms in total. The molecule has 0 aromatic heterocycles. The fraction of sp³-hybridized carbons (Fsp3) is 0.562. The van der Waals surface area contributed by atoms with Crippen molar-refractivity contribution < 1.29 is 13.2 Å². The van der Waals surface area contributed by atoms with Crippen molar-refractivity contribution in [2.75, 3.05) is 36.5 Å². The van der Waals surface area contributed by atoms with Crippen molar-refractivity contribution in [3.63, 3.8) is 0 Å². The minimum Gasteiger partial charge on any atom is -0.324 e.